The van der Waals surface area contributed by atoms with Gasteiger partial charge in [0.2, 0.25) is 5.91 Å². The average molecular weight is 505 g/mol. The van der Waals surface area contributed by atoms with E-state index in [9.17, 15) is 22.6 Å². The number of aryl methyl sites for hydroxylation is 1. The minimum Gasteiger partial charge on any atom is -0.716 e. The summed E-state index contributed by atoms with van der Waals surface area (Å²) in [6.45, 7) is 4.69. The third-order valence-electron chi connectivity index (χ3n) is 9.07. The molecule has 35 heavy (non-hydrogen) atoms. The van der Waals surface area contributed by atoms with E-state index in [0.29, 0.717) is 68.6 Å². The zero-order chi connectivity index (χ0) is 24.8. The first-order chi connectivity index (χ1) is 16.7. The standard InChI is InChI=1S/C26H35NO7S/c1-26-10-9-21-20-8-6-19(34-35(30,31)32)15-17(20)5-7-22(21)25(26)18(16-23(26)28)3-2-4-24(29)27-11-13-33-14-12-27/h6,8,15,18,21-22,25H,2-5,7,9-14,16H2,1H3,(H,30,31,32)/p-1/t18-,21-,22-,25+,26-/m1/s1. The molecule has 0 N–H and O–H groups in total. The molecule has 1 saturated heterocycles. The second-order valence-electron chi connectivity index (χ2n) is 10.9. The minimum atomic E-state index is -4.80. The predicted octanol–water partition coefficient (Wildman–Crippen LogP) is 3.21. The van der Waals surface area contributed by atoms with E-state index in [4.69, 9.17) is 4.74 Å². The molecule has 5 rings (SSSR count). The lowest BCUT2D eigenvalue weighted by Crippen LogP contribution is -2.44. The molecule has 0 spiro atoms. The number of hydrogen-bond acceptors (Lipinski definition) is 7. The Morgan fingerprint density at radius 2 is 2.03 bits per heavy atom. The van der Waals surface area contributed by atoms with Gasteiger partial charge in [-0.3, -0.25) is 9.59 Å². The Kier molecular flexibility index (Phi) is 6.70. The molecule has 2 saturated carbocycles. The number of Topliss-reactive ketones (excluding diaryl/α,β-unsaturated/α-hetero) is 1. The van der Waals surface area contributed by atoms with E-state index in [1.165, 1.54) is 5.56 Å². The summed E-state index contributed by atoms with van der Waals surface area (Å²) in [5.41, 5.74) is 1.93. The number of nitrogens with zero attached hydrogens (tertiary/aromatic N) is 1. The molecule has 8 nitrogen and oxygen atoms in total. The van der Waals surface area contributed by atoms with Gasteiger partial charge in [-0.2, -0.15) is 0 Å². The van der Waals surface area contributed by atoms with Gasteiger partial charge in [-0.25, -0.2) is 8.42 Å². The Balaban J connectivity index is 1.29. The van der Waals surface area contributed by atoms with Gasteiger partial charge in [-0.05, 0) is 85.5 Å². The van der Waals surface area contributed by atoms with Crippen LogP contribution in [0.3, 0.4) is 0 Å². The van der Waals surface area contributed by atoms with Gasteiger partial charge in [0.25, 0.3) is 10.4 Å². The van der Waals surface area contributed by atoms with Crippen molar-refractivity contribution in [3.63, 3.8) is 0 Å². The zero-order valence-electron chi connectivity index (χ0n) is 20.2. The lowest BCUT2D eigenvalue weighted by Gasteiger charge is -2.50. The second-order valence-corrected chi connectivity index (χ2v) is 11.9. The molecular formula is C26H34NO7S-. The molecule has 192 valence electrons. The second kappa shape index (κ2) is 9.48. The highest BCUT2D eigenvalue weighted by molar-refractivity contribution is 7.81. The number of hydrogen-bond donors (Lipinski definition) is 0. The molecule has 1 amide bonds. The highest BCUT2D eigenvalue weighted by Gasteiger charge is 2.58. The molecule has 5 atom stereocenters. The number of benzene rings is 1. The van der Waals surface area contributed by atoms with Gasteiger partial charge in [0.15, 0.2) is 0 Å². The molecule has 0 radical (unpaired) electrons. The van der Waals surface area contributed by atoms with Crippen LogP contribution in [0, 0.1) is 23.2 Å². The number of carbonyl (C=O) groups is 2. The largest absolute Gasteiger partial charge is 0.716 e. The minimum absolute atomic E-state index is 0.0664. The topological polar surface area (TPSA) is 113 Å². The quantitative estimate of drug-likeness (QED) is 0.432. The fraction of sp³-hybridized carbons (Fsp3) is 0.692. The summed E-state index contributed by atoms with van der Waals surface area (Å²) < 4.78 is 42.9. The molecule has 1 aromatic rings. The Hall–Kier alpha value is -1.97. The van der Waals surface area contributed by atoms with Crippen molar-refractivity contribution in [2.45, 2.75) is 64.2 Å². The van der Waals surface area contributed by atoms with Crippen molar-refractivity contribution in [1.29, 1.82) is 0 Å². The van der Waals surface area contributed by atoms with Crippen molar-refractivity contribution < 1.29 is 31.5 Å². The van der Waals surface area contributed by atoms with Crippen LogP contribution >= 0.6 is 0 Å². The molecule has 4 aliphatic rings. The number of ether oxygens (including phenoxy) is 1. The first-order valence-corrected chi connectivity index (χ1v) is 14.2. The van der Waals surface area contributed by atoms with Crippen molar-refractivity contribution in [2.75, 3.05) is 26.3 Å². The smallest absolute Gasteiger partial charge is 0.262 e. The monoisotopic (exact) mass is 504 g/mol. The van der Waals surface area contributed by atoms with Crippen molar-refractivity contribution in [1.82, 2.24) is 4.90 Å². The van der Waals surface area contributed by atoms with Crippen LogP contribution in [0.25, 0.3) is 0 Å². The van der Waals surface area contributed by atoms with Crippen LogP contribution in [-0.2, 0) is 31.1 Å². The van der Waals surface area contributed by atoms with Crippen LogP contribution < -0.4 is 4.18 Å². The predicted molar refractivity (Wildman–Crippen MR) is 127 cm³/mol. The molecule has 0 bridgehead atoms. The molecular weight excluding hydrogens is 470 g/mol. The van der Waals surface area contributed by atoms with Crippen LogP contribution in [0.1, 0.15) is 68.9 Å². The molecule has 0 unspecified atom stereocenters. The lowest BCUT2D eigenvalue weighted by molar-refractivity contribution is -0.135. The summed E-state index contributed by atoms with van der Waals surface area (Å²) in [5, 5.41) is 0. The average Bonchev–Trinajstić information content (AvgIpc) is 3.08. The van der Waals surface area contributed by atoms with Crippen molar-refractivity contribution in [3.05, 3.63) is 29.3 Å². The summed E-state index contributed by atoms with van der Waals surface area (Å²) in [7, 11) is -4.80. The Labute approximate surface area is 207 Å². The maximum Gasteiger partial charge on any atom is 0.262 e. The number of fused-ring (bicyclic) bond motifs is 5. The third-order valence-corrected chi connectivity index (χ3v) is 9.47. The number of morpholine rings is 1. The van der Waals surface area contributed by atoms with Crippen molar-refractivity contribution in [2.24, 2.45) is 23.2 Å². The van der Waals surface area contributed by atoms with Gasteiger partial charge in [-0.1, -0.05) is 13.0 Å². The van der Waals surface area contributed by atoms with Crippen LogP contribution in [0.2, 0.25) is 0 Å². The van der Waals surface area contributed by atoms with E-state index >= 15 is 0 Å². The summed E-state index contributed by atoms with van der Waals surface area (Å²) in [5.74, 6) is 1.94. The summed E-state index contributed by atoms with van der Waals surface area (Å²) in [6.07, 6.45) is 6.32. The van der Waals surface area contributed by atoms with Gasteiger partial charge in [-0.15, -0.1) is 0 Å². The molecule has 1 heterocycles. The first-order valence-electron chi connectivity index (χ1n) is 12.8. The Bertz CT molecular complexity index is 1100. The van der Waals surface area contributed by atoms with E-state index in [2.05, 4.69) is 11.1 Å². The van der Waals surface area contributed by atoms with Gasteiger partial charge < -0.3 is 18.4 Å². The maximum absolute atomic E-state index is 13.2. The summed E-state index contributed by atoms with van der Waals surface area (Å²) in [6, 6.07) is 5.16. The number of ketones is 1. The molecule has 3 fully saturated rings. The molecule has 1 aliphatic heterocycles. The Morgan fingerprint density at radius 3 is 2.77 bits per heavy atom. The van der Waals surface area contributed by atoms with E-state index in [-0.39, 0.29) is 17.1 Å². The van der Waals surface area contributed by atoms with Crippen LogP contribution in [0.5, 0.6) is 5.75 Å². The lowest BCUT2D eigenvalue weighted by atomic mass is 9.54. The maximum atomic E-state index is 13.2. The zero-order valence-corrected chi connectivity index (χ0v) is 21.1. The number of rotatable bonds is 6. The SMILES string of the molecule is C[C@]12CC[C@@H]3c4ccc(OS(=O)(=O)[O-])cc4CC[C@H]3[C@@H]1[C@H](CCCC(=O)N1CCOCC1)CC2=O. The number of amides is 1. The van der Waals surface area contributed by atoms with Gasteiger partial charge in [0.1, 0.15) is 11.5 Å². The van der Waals surface area contributed by atoms with E-state index < -0.39 is 10.4 Å². The normalized spacial score (nSPS) is 32.5. The van der Waals surface area contributed by atoms with Crippen LogP contribution in [0.4, 0.5) is 0 Å². The fourth-order valence-corrected chi connectivity index (χ4v) is 7.88. The summed E-state index contributed by atoms with van der Waals surface area (Å²) >= 11 is 0. The van der Waals surface area contributed by atoms with Gasteiger partial charge >= 0.3 is 0 Å². The number of carbonyl (C=O) groups excluding carboxylic acids is 2. The Morgan fingerprint density at radius 1 is 1.26 bits per heavy atom. The highest BCUT2D eigenvalue weighted by atomic mass is 32.3. The van der Waals surface area contributed by atoms with Crippen LogP contribution in [0.15, 0.2) is 18.2 Å². The fourth-order valence-electron chi connectivity index (χ4n) is 7.54. The molecule has 0 aromatic heterocycles. The molecule has 9 heteroatoms. The first kappa shape index (κ1) is 24.7. The third kappa shape index (κ3) is 4.87. The van der Waals surface area contributed by atoms with E-state index in [1.807, 2.05) is 11.0 Å². The van der Waals surface area contributed by atoms with Gasteiger partial charge in [0, 0.05) is 31.3 Å². The van der Waals surface area contributed by atoms with Gasteiger partial charge in [0.05, 0.1) is 13.2 Å². The van der Waals surface area contributed by atoms with E-state index in [1.54, 1.807) is 12.1 Å². The van der Waals surface area contributed by atoms with Crippen molar-refractivity contribution in [3.8, 4) is 5.75 Å². The molecule has 3 aliphatic carbocycles. The van der Waals surface area contributed by atoms with Crippen LogP contribution in [-0.4, -0.2) is 55.9 Å². The van der Waals surface area contributed by atoms with E-state index in [0.717, 1.165) is 44.1 Å². The van der Waals surface area contributed by atoms with Crippen molar-refractivity contribution >= 4 is 22.1 Å². The summed E-state index contributed by atoms with van der Waals surface area (Å²) in [4.78, 5) is 27.7. The highest BCUT2D eigenvalue weighted by Crippen LogP contribution is 2.62. The molecule has 1 aromatic carbocycles.